The van der Waals surface area contributed by atoms with Gasteiger partial charge in [-0.3, -0.25) is 0 Å². The van der Waals surface area contributed by atoms with Gasteiger partial charge in [0.05, 0.1) is 13.2 Å². The predicted octanol–water partition coefficient (Wildman–Crippen LogP) is 2.49. The Labute approximate surface area is 171 Å². The van der Waals surface area contributed by atoms with Crippen LogP contribution in [-0.2, 0) is 38.0 Å². The summed E-state index contributed by atoms with van der Waals surface area (Å²) in [6, 6.07) is 0. The molecule has 0 N–H and O–H groups in total. The Morgan fingerprint density at radius 3 is 2.48 bits per heavy atom. The molecule has 3 rings (SSSR count). The van der Waals surface area contributed by atoms with Crippen molar-refractivity contribution in [2.24, 2.45) is 5.41 Å². The third kappa shape index (κ3) is 4.72. The van der Waals surface area contributed by atoms with Crippen LogP contribution in [0.25, 0.3) is 0 Å². The van der Waals surface area contributed by atoms with Gasteiger partial charge in [-0.05, 0) is 47.5 Å². The standard InChI is InChI=1S/C21H32O8/c1-6-24-15(23)9-11-21(10-7-8-12-22)16(14-13-25-19(2,3)27-14)26-18-17(21)28-20(4,5)29-18/h9,11-12,14,16-18H,6-8,10,13H2,1-5H3/b11-9+/t14-,16-,17+,18-,21-/m1/s1. The van der Waals surface area contributed by atoms with Crippen LogP contribution in [0.4, 0.5) is 0 Å². The zero-order valence-corrected chi connectivity index (χ0v) is 17.8. The van der Waals surface area contributed by atoms with Crippen molar-refractivity contribution < 1.29 is 38.0 Å². The largest absolute Gasteiger partial charge is 0.463 e. The van der Waals surface area contributed by atoms with Gasteiger partial charge in [-0.1, -0.05) is 6.08 Å². The van der Waals surface area contributed by atoms with Crippen molar-refractivity contribution in [3.05, 3.63) is 12.2 Å². The average molecular weight is 412 g/mol. The predicted molar refractivity (Wildman–Crippen MR) is 102 cm³/mol. The maximum absolute atomic E-state index is 12.1. The molecule has 8 heteroatoms. The molecular weight excluding hydrogens is 380 g/mol. The molecule has 0 aromatic carbocycles. The van der Waals surface area contributed by atoms with Crippen LogP contribution in [0.1, 0.15) is 53.9 Å². The Bertz CT molecular complexity index is 643. The Morgan fingerprint density at radius 1 is 1.10 bits per heavy atom. The fourth-order valence-corrected chi connectivity index (χ4v) is 4.39. The fourth-order valence-electron chi connectivity index (χ4n) is 4.39. The maximum Gasteiger partial charge on any atom is 0.330 e. The van der Waals surface area contributed by atoms with Crippen molar-refractivity contribution in [3.8, 4) is 0 Å². The first kappa shape index (κ1) is 22.4. The molecule has 0 bridgehead atoms. The van der Waals surface area contributed by atoms with Crippen LogP contribution in [0, 0.1) is 5.41 Å². The highest BCUT2D eigenvalue weighted by molar-refractivity contribution is 5.82. The third-order valence-electron chi connectivity index (χ3n) is 5.51. The van der Waals surface area contributed by atoms with Gasteiger partial charge in [0.1, 0.15) is 24.6 Å². The van der Waals surface area contributed by atoms with E-state index in [0.29, 0.717) is 25.9 Å². The smallest absolute Gasteiger partial charge is 0.330 e. The molecule has 0 unspecified atom stereocenters. The molecule has 3 saturated heterocycles. The first-order chi connectivity index (χ1) is 13.6. The van der Waals surface area contributed by atoms with Crippen LogP contribution >= 0.6 is 0 Å². The molecule has 0 aromatic rings. The normalized spacial score (nSPS) is 37.7. The van der Waals surface area contributed by atoms with Crippen LogP contribution in [0.15, 0.2) is 12.2 Å². The van der Waals surface area contributed by atoms with Crippen LogP contribution in [0.3, 0.4) is 0 Å². The lowest BCUT2D eigenvalue weighted by atomic mass is 9.72. The fraction of sp³-hybridized carbons (Fsp3) is 0.810. The number of carbonyl (C=O) groups is 2. The molecule has 5 atom stereocenters. The second kappa shape index (κ2) is 8.43. The van der Waals surface area contributed by atoms with Crippen molar-refractivity contribution in [1.82, 2.24) is 0 Å². The van der Waals surface area contributed by atoms with E-state index in [-0.39, 0.29) is 12.7 Å². The molecule has 0 saturated carbocycles. The molecule has 0 amide bonds. The number of hydrogen-bond acceptors (Lipinski definition) is 8. The van der Waals surface area contributed by atoms with Crippen molar-refractivity contribution in [3.63, 3.8) is 0 Å². The minimum Gasteiger partial charge on any atom is -0.463 e. The number of ether oxygens (including phenoxy) is 6. The summed E-state index contributed by atoms with van der Waals surface area (Å²) in [5.74, 6) is -1.99. The van der Waals surface area contributed by atoms with Crippen molar-refractivity contribution in [2.75, 3.05) is 13.2 Å². The lowest BCUT2D eigenvalue weighted by Crippen LogP contribution is -2.47. The molecule has 3 fully saturated rings. The molecule has 3 aliphatic heterocycles. The molecule has 0 radical (unpaired) electrons. The molecule has 3 heterocycles. The van der Waals surface area contributed by atoms with E-state index in [4.69, 9.17) is 28.4 Å². The van der Waals surface area contributed by atoms with Gasteiger partial charge in [-0.15, -0.1) is 0 Å². The number of rotatable bonds is 8. The van der Waals surface area contributed by atoms with Crippen LogP contribution in [0.2, 0.25) is 0 Å². The zero-order valence-electron chi connectivity index (χ0n) is 17.8. The first-order valence-electron chi connectivity index (χ1n) is 10.2. The molecule has 3 aliphatic rings. The molecule has 0 aromatic heterocycles. The summed E-state index contributed by atoms with van der Waals surface area (Å²) < 4.78 is 35.4. The third-order valence-corrected chi connectivity index (χ3v) is 5.51. The summed E-state index contributed by atoms with van der Waals surface area (Å²) in [5.41, 5.74) is -0.733. The zero-order chi connectivity index (χ0) is 21.3. The Hall–Kier alpha value is -1.32. The van der Waals surface area contributed by atoms with Crippen LogP contribution in [-0.4, -0.2) is 61.6 Å². The van der Waals surface area contributed by atoms with Gasteiger partial charge < -0.3 is 33.2 Å². The van der Waals surface area contributed by atoms with Crippen molar-refractivity contribution >= 4 is 12.3 Å². The SMILES string of the molecule is CCOC(=O)/C=C/[C@]1(CCCC=O)[C@@H]([C@H]2COC(C)(C)O2)O[C@@H]2OC(C)(C)O[C@@H]21. The number of esters is 1. The number of aldehydes is 1. The van der Waals surface area contributed by atoms with E-state index in [1.807, 2.05) is 27.7 Å². The molecule has 29 heavy (non-hydrogen) atoms. The lowest BCUT2D eigenvalue weighted by Gasteiger charge is -2.38. The van der Waals surface area contributed by atoms with Gasteiger partial charge in [0, 0.05) is 17.9 Å². The maximum atomic E-state index is 12.1. The summed E-state index contributed by atoms with van der Waals surface area (Å²) in [6.07, 6.45) is 3.78. The number of fused-ring (bicyclic) bond motifs is 1. The summed E-state index contributed by atoms with van der Waals surface area (Å²) in [4.78, 5) is 23.1. The monoisotopic (exact) mass is 412 g/mol. The van der Waals surface area contributed by atoms with Crippen molar-refractivity contribution in [1.29, 1.82) is 0 Å². The van der Waals surface area contributed by atoms with E-state index in [9.17, 15) is 9.59 Å². The molecular formula is C21H32O8. The molecule has 0 aliphatic carbocycles. The number of carbonyl (C=O) groups excluding carboxylic acids is 2. The van der Waals surface area contributed by atoms with Gasteiger partial charge >= 0.3 is 5.97 Å². The highest BCUT2D eigenvalue weighted by Crippen LogP contribution is 2.54. The Kier molecular flexibility index (Phi) is 6.50. The number of unbranched alkanes of at least 4 members (excludes halogenated alkanes) is 1. The van der Waals surface area contributed by atoms with E-state index in [0.717, 1.165) is 6.29 Å². The van der Waals surface area contributed by atoms with Gasteiger partial charge in [0.15, 0.2) is 17.9 Å². The highest BCUT2D eigenvalue weighted by atomic mass is 16.8. The Balaban J connectivity index is 1.96. The number of hydrogen-bond donors (Lipinski definition) is 0. The van der Waals surface area contributed by atoms with Crippen molar-refractivity contribution in [2.45, 2.75) is 90.1 Å². The van der Waals surface area contributed by atoms with Crippen LogP contribution < -0.4 is 0 Å². The minimum atomic E-state index is -0.819. The van der Waals surface area contributed by atoms with Gasteiger partial charge in [-0.25, -0.2) is 4.79 Å². The van der Waals surface area contributed by atoms with Gasteiger partial charge in [0.2, 0.25) is 0 Å². The lowest BCUT2D eigenvalue weighted by molar-refractivity contribution is -0.233. The Morgan fingerprint density at radius 2 is 1.86 bits per heavy atom. The van der Waals surface area contributed by atoms with Gasteiger partial charge in [0.25, 0.3) is 0 Å². The topological polar surface area (TPSA) is 89.5 Å². The summed E-state index contributed by atoms with van der Waals surface area (Å²) in [5, 5.41) is 0. The first-order valence-corrected chi connectivity index (χ1v) is 10.2. The molecule has 8 nitrogen and oxygen atoms in total. The second-order valence-corrected chi connectivity index (χ2v) is 8.60. The van der Waals surface area contributed by atoms with E-state index < -0.39 is 41.5 Å². The van der Waals surface area contributed by atoms with Gasteiger partial charge in [-0.2, -0.15) is 0 Å². The molecule has 0 spiro atoms. The molecule has 164 valence electrons. The van der Waals surface area contributed by atoms with Crippen LogP contribution in [0.5, 0.6) is 0 Å². The van der Waals surface area contributed by atoms with E-state index in [1.54, 1.807) is 13.0 Å². The van der Waals surface area contributed by atoms with E-state index in [2.05, 4.69) is 0 Å². The average Bonchev–Trinajstić information content (AvgIpc) is 3.23. The quantitative estimate of drug-likeness (QED) is 0.260. The second-order valence-electron chi connectivity index (χ2n) is 8.60. The summed E-state index contributed by atoms with van der Waals surface area (Å²) in [6.45, 7) is 9.74. The summed E-state index contributed by atoms with van der Waals surface area (Å²) in [7, 11) is 0. The van der Waals surface area contributed by atoms with E-state index in [1.165, 1.54) is 6.08 Å². The minimum absolute atomic E-state index is 0.285. The summed E-state index contributed by atoms with van der Waals surface area (Å²) >= 11 is 0. The highest BCUT2D eigenvalue weighted by Gasteiger charge is 2.64. The van der Waals surface area contributed by atoms with E-state index >= 15 is 0 Å².